The molecule has 0 unspecified atom stereocenters. The van der Waals surface area contributed by atoms with Crippen LogP contribution >= 0.6 is 0 Å². The molecule has 0 aromatic heterocycles. The van der Waals surface area contributed by atoms with Crippen molar-refractivity contribution in [2.45, 2.75) is 69.8 Å². The Balaban J connectivity index is 2.04. The molecule has 0 saturated heterocycles. The summed E-state index contributed by atoms with van der Waals surface area (Å²) < 4.78 is 5.53. The third kappa shape index (κ3) is 2.35. The molecule has 2 nitrogen and oxygen atoms in total. The standard InChI is InChI=1S/C13H22O2/c14-11-15-13(9-5-2-6-10-13)12-7-3-1-4-8-12/h11-12H,1-10H2. The highest BCUT2D eigenvalue weighted by Gasteiger charge is 2.41. The molecular weight excluding hydrogens is 188 g/mol. The third-order valence-electron chi connectivity index (χ3n) is 4.33. The van der Waals surface area contributed by atoms with Gasteiger partial charge in [-0.05, 0) is 44.4 Å². The second-order valence-corrected chi connectivity index (χ2v) is 5.17. The zero-order chi connectivity index (χ0) is 10.6. The van der Waals surface area contributed by atoms with Crippen molar-refractivity contribution in [1.29, 1.82) is 0 Å². The summed E-state index contributed by atoms with van der Waals surface area (Å²) >= 11 is 0. The van der Waals surface area contributed by atoms with Crippen LogP contribution in [0.1, 0.15) is 64.2 Å². The lowest BCUT2D eigenvalue weighted by Gasteiger charge is -2.43. The van der Waals surface area contributed by atoms with Crippen LogP contribution in [0.15, 0.2) is 0 Å². The molecule has 0 atom stereocenters. The number of hydrogen-bond acceptors (Lipinski definition) is 2. The zero-order valence-electron chi connectivity index (χ0n) is 9.54. The van der Waals surface area contributed by atoms with Crippen LogP contribution in [0.2, 0.25) is 0 Å². The number of carbonyl (C=O) groups is 1. The molecule has 0 heterocycles. The van der Waals surface area contributed by atoms with E-state index in [1.807, 2.05) is 0 Å². The topological polar surface area (TPSA) is 26.3 Å². The van der Waals surface area contributed by atoms with Crippen molar-refractivity contribution in [3.05, 3.63) is 0 Å². The van der Waals surface area contributed by atoms with Gasteiger partial charge in [-0.25, -0.2) is 0 Å². The van der Waals surface area contributed by atoms with Gasteiger partial charge in [0.15, 0.2) is 0 Å². The maximum atomic E-state index is 10.7. The Morgan fingerprint density at radius 3 is 2.13 bits per heavy atom. The third-order valence-corrected chi connectivity index (χ3v) is 4.33. The Hall–Kier alpha value is -0.530. The molecule has 0 N–H and O–H groups in total. The van der Waals surface area contributed by atoms with Crippen LogP contribution in [0.3, 0.4) is 0 Å². The molecular formula is C13H22O2. The van der Waals surface area contributed by atoms with E-state index in [-0.39, 0.29) is 5.60 Å². The highest BCUT2D eigenvalue weighted by molar-refractivity contribution is 5.38. The van der Waals surface area contributed by atoms with Crippen molar-refractivity contribution >= 4 is 6.47 Å². The van der Waals surface area contributed by atoms with Gasteiger partial charge in [0.25, 0.3) is 6.47 Å². The van der Waals surface area contributed by atoms with E-state index in [2.05, 4.69) is 0 Å². The summed E-state index contributed by atoms with van der Waals surface area (Å²) in [5.41, 5.74) is -0.0690. The Kier molecular flexibility index (Phi) is 3.66. The number of rotatable bonds is 3. The first-order valence-electron chi connectivity index (χ1n) is 6.49. The van der Waals surface area contributed by atoms with Crippen LogP contribution in [-0.4, -0.2) is 12.1 Å². The minimum atomic E-state index is -0.0690. The van der Waals surface area contributed by atoms with Gasteiger partial charge in [0, 0.05) is 0 Å². The van der Waals surface area contributed by atoms with E-state index in [1.165, 1.54) is 51.4 Å². The molecule has 2 aliphatic rings. The number of ether oxygens (including phenoxy) is 1. The first-order valence-corrected chi connectivity index (χ1v) is 6.49. The largest absolute Gasteiger partial charge is 0.461 e. The molecule has 0 aromatic rings. The van der Waals surface area contributed by atoms with Crippen LogP contribution in [0.4, 0.5) is 0 Å². The monoisotopic (exact) mass is 210 g/mol. The predicted molar refractivity (Wildman–Crippen MR) is 59.5 cm³/mol. The Morgan fingerprint density at radius 1 is 0.933 bits per heavy atom. The molecule has 2 fully saturated rings. The van der Waals surface area contributed by atoms with Gasteiger partial charge in [-0.1, -0.05) is 25.7 Å². The van der Waals surface area contributed by atoms with Gasteiger partial charge >= 0.3 is 0 Å². The van der Waals surface area contributed by atoms with Crippen LogP contribution in [0.5, 0.6) is 0 Å². The van der Waals surface area contributed by atoms with Crippen molar-refractivity contribution in [3.63, 3.8) is 0 Å². The Labute approximate surface area is 92.4 Å². The van der Waals surface area contributed by atoms with Gasteiger partial charge < -0.3 is 4.74 Å². The summed E-state index contributed by atoms with van der Waals surface area (Å²) in [6, 6.07) is 0. The lowest BCUT2D eigenvalue weighted by atomic mass is 9.70. The molecule has 0 aliphatic heterocycles. The summed E-state index contributed by atoms with van der Waals surface area (Å²) in [6.45, 7) is 0.694. The van der Waals surface area contributed by atoms with Gasteiger partial charge in [-0.2, -0.15) is 0 Å². The molecule has 86 valence electrons. The highest BCUT2D eigenvalue weighted by Crippen LogP contribution is 2.43. The minimum absolute atomic E-state index is 0.0690. The van der Waals surface area contributed by atoms with Crippen molar-refractivity contribution in [3.8, 4) is 0 Å². The van der Waals surface area contributed by atoms with Crippen LogP contribution in [-0.2, 0) is 9.53 Å². The average molecular weight is 210 g/mol. The molecule has 2 rings (SSSR count). The lowest BCUT2D eigenvalue weighted by molar-refractivity contribution is -0.157. The van der Waals surface area contributed by atoms with E-state index in [9.17, 15) is 4.79 Å². The van der Waals surface area contributed by atoms with E-state index < -0.39 is 0 Å². The fourth-order valence-electron chi connectivity index (χ4n) is 3.50. The van der Waals surface area contributed by atoms with Crippen LogP contribution in [0, 0.1) is 5.92 Å². The number of carbonyl (C=O) groups excluding carboxylic acids is 1. The minimum Gasteiger partial charge on any atom is -0.461 e. The molecule has 2 heteroatoms. The molecule has 0 radical (unpaired) electrons. The van der Waals surface area contributed by atoms with Crippen molar-refractivity contribution in [1.82, 2.24) is 0 Å². The smallest absolute Gasteiger partial charge is 0.293 e. The van der Waals surface area contributed by atoms with Crippen molar-refractivity contribution < 1.29 is 9.53 Å². The summed E-state index contributed by atoms with van der Waals surface area (Å²) in [5, 5.41) is 0. The van der Waals surface area contributed by atoms with Gasteiger partial charge in [0.2, 0.25) is 0 Å². The highest BCUT2D eigenvalue weighted by atomic mass is 16.5. The summed E-state index contributed by atoms with van der Waals surface area (Å²) in [6.07, 6.45) is 12.6. The lowest BCUT2D eigenvalue weighted by Crippen LogP contribution is -2.43. The molecule has 0 bridgehead atoms. The Bertz CT molecular complexity index is 201. The first kappa shape index (κ1) is 11.0. The number of hydrogen-bond donors (Lipinski definition) is 0. The maximum absolute atomic E-state index is 10.7. The summed E-state index contributed by atoms with van der Waals surface area (Å²) in [7, 11) is 0. The molecule has 0 aromatic carbocycles. The average Bonchev–Trinajstić information content (AvgIpc) is 2.32. The molecule has 2 saturated carbocycles. The fourth-order valence-corrected chi connectivity index (χ4v) is 3.50. The summed E-state index contributed by atoms with van der Waals surface area (Å²) in [4.78, 5) is 10.7. The SMILES string of the molecule is O=COC1(C2CCCCC2)CCCCC1. The van der Waals surface area contributed by atoms with Crippen molar-refractivity contribution in [2.75, 3.05) is 0 Å². The molecule has 0 amide bonds. The normalized spacial score (nSPS) is 27.2. The van der Waals surface area contributed by atoms with E-state index in [0.717, 1.165) is 12.8 Å². The molecule has 2 aliphatic carbocycles. The second kappa shape index (κ2) is 5.00. The van der Waals surface area contributed by atoms with E-state index in [1.54, 1.807) is 0 Å². The van der Waals surface area contributed by atoms with E-state index in [0.29, 0.717) is 12.4 Å². The Morgan fingerprint density at radius 2 is 1.53 bits per heavy atom. The van der Waals surface area contributed by atoms with E-state index in [4.69, 9.17) is 4.74 Å². The van der Waals surface area contributed by atoms with Crippen molar-refractivity contribution in [2.24, 2.45) is 5.92 Å². The van der Waals surface area contributed by atoms with Crippen LogP contribution in [0.25, 0.3) is 0 Å². The van der Waals surface area contributed by atoms with E-state index >= 15 is 0 Å². The zero-order valence-corrected chi connectivity index (χ0v) is 9.54. The van der Waals surface area contributed by atoms with Gasteiger partial charge in [0.05, 0.1) is 0 Å². The van der Waals surface area contributed by atoms with Gasteiger partial charge in [-0.3, -0.25) is 4.79 Å². The quantitative estimate of drug-likeness (QED) is 0.667. The first-order chi connectivity index (χ1) is 7.37. The van der Waals surface area contributed by atoms with Gasteiger partial charge in [0.1, 0.15) is 5.60 Å². The summed E-state index contributed by atoms with van der Waals surface area (Å²) in [5.74, 6) is 0.650. The van der Waals surface area contributed by atoms with Crippen LogP contribution < -0.4 is 0 Å². The van der Waals surface area contributed by atoms with Gasteiger partial charge in [-0.15, -0.1) is 0 Å². The second-order valence-electron chi connectivity index (χ2n) is 5.17. The maximum Gasteiger partial charge on any atom is 0.293 e. The molecule has 15 heavy (non-hydrogen) atoms. The molecule has 0 spiro atoms. The predicted octanol–water partition coefficient (Wildman–Crippen LogP) is 3.44. The fraction of sp³-hybridized carbons (Fsp3) is 0.923.